The Hall–Kier alpha value is -2.55. The smallest absolute Gasteiger partial charge is 0.264 e. The van der Waals surface area contributed by atoms with Crippen LogP contribution in [0.2, 0.25) is 5.02 Å². The first-order valence-electron chi connectivity index (χ1n) is 14.8. The second-order valence-corrected chi connectivity index (χ2v) is 14.4. The van der Waals surface area contributed by atoms with Gasteiger partial charge in [0, 0.05) is 36.2 Å². The second-order valence-electron chi connectivity index (χ2n) is 12.2. The van der Waals surface area contributed by atoms with E-state index in [9.17, 15) is 13.2 Å². The number of anilines is 1. The largest absolute Gasteiger partial charge is 0.490 e. The molecule has 0 aromatic heterocycles. The number of halogens is 1. The third kappa shape index (κ3) is 5.88. The van der Waals surface area contributed by atoms with E-state index in [1.807, 2.05) is 18.2 Å². The average Bonchev–Trinajstić information content (AvgIpc) is 3.08. The number of methoxy groups -OCH3 is 1. The van der Waals surface area contributed by atoms with Crippen LogP contribution in [0.4, 0.5) is 5.69 Å². The molecule has 2 heterocycles. The number of aryl methyl sites for hydroxylation is 1. The van der Waals surface area contributed by atoms with Crippen LogP contribution in [0.1, 0.15) is 66.4 Å². The Morgan fingerprint density at radius 2 is 2.00 bits per heavy atom. The van der Waals surface area contributed by atoms with Crippen LogP contribution in [0, 0.1) is 11.8 Å². The molecule has 2 aliphatic carbocycles. The molecule has 41 heavy (non-hydrogen) atoms. The van der Waals surface area contributed by atoms with Crippen LogP contribution >= 0.6 is 11.6 Å². The molecule has 220 valence electrons. The van der Waals surface area contributed by atoms with Crippen molar-refractivity contribution in [3.8, 4) is 5.75 Å². The van der Waals surface area contributed by atoms with E-state index < -0.39 is 15.9 Å². The number of hydrogen-bond donors (Lipinski definition) is 1. The van der Waals surface area contributed by atoms with Gasteiger partial charge >= 0.3 is 0 Å². The molecule has 1 amide bonds. The van der Waals surface area contributed by atoms with Crippen LogP contribution in [0.25, 0.3) is 0 Å². The van der Waals surface area contributed by atoms with Crippen molar-refractivity contribution < 1.29 is 22.7 Å². The summed E-state index contributed by atoms with van der Waals surface area (Å²) < 4.78 is 40.2. The summed E-state index contributed by atoms with van der Waals surface area (Å²) in [6.45, 7) is 2.08. The maximum Gasteiger partial charge on any atom is 0.264 e. The van der Waals surface area contributed by atoms with E-state index in [-0.39, 0.29) is 17.3 Å². The minimum atomic E-state index is -3.74. The number of carbonyl (C=O) groups excluding carboxylic acids is 1. The van der Waals surface area contributed by atoms with Crippen LogP contribution in [0.5, 0.6) is 5.75 Å². The van der Waals surface area contributed by atoms with Gasteiger partial charge in [0.25, 0.3) is 5.91 Å². The van der Waals surface area contributed by atoms with E-state index in [2.05, 4.69) is 33.9 Å². The lowest BCUT2D eigenvalue weighted by Gasteiger charge is -2.46. The SMILES string of the molecule is CO[C@@H]1/C=C/CCCCS(=O)(=O)NC(=O)c2ccc3c(c2)N(C[C@@H]2CC[C@H]21)C[C@@]1(CCCc2cc(Cl)ccc21)CO3. The summed E-state index contributed by atoms with van der Waals surface area (Å²) in [5, 5.41) is 0.751. The molecule has 2 bridgehead atoms. The van der Waals surface area contributed by atoms with Gasteiger partial charge in [0.05, 0.1) is 24.2 Å². The normalized spacial score (nSPS) is 30.4. The summed E-state index contributed by atoms with van der Waals surface area (Å²) in [7, 11) is -1.97. The fourth-order valence-electron chi connectivity index (χ4n) is 7.22. The molecule has 0 radical (unpaired) electrons. The van der Waals surface area contributed by atoms with Crippen molar-refractivity contribution in [3.63, 3.8) is 0 Å². The number of carbonyl (C=O) groups is 1. The molecule has 1 saturated carbocycles. The van der Waals surface area contributed by atoms with Gasteiger partial charge in [-0.2, -0.15) is 0 Å². The molecule has 1 fully saturated rings. The molecule has 2 aliphatic heterocycles. The first-order chi connectivity index (χ1) is 19.8. The van der Waals surface area contributed by atoms with Crippen molar-refractivity contribution in [1.82, 2.24) is 4.72 Å². The Labute approximate surface area is 248 Å². The van der Waals surface area contributed by atoms with Crippen LogP contribution in [-0.4, -0.2) is 53.0 Å². The highest BCUT2D eigenvalue weighted by Gasteiger charge is 2.44. The Bertz CT molecular complexity index is 1440. The van der Waals surface area contributed by atoms with Gasteiger partial charge in [-0.15, -0.1) is 0 Å². The molecule has 2 aromatic rings. The molecule has 0 saturated heterocycles. The number of amides is 1. The number of ether oxygens (including phenoxy) is 2. The Morgan fingerprint density at radius 3 is 2.80 bits per heavy atom. The first kappa shape index (κ1) is 28.6. The maximum absolute atomic E-state index is 13.2. The number of nitrogens with one attached hydrogen (secondary N) is 1. The quantitative estimate of drug-likeness (QED) is 0.427. The number of rotatable bonds is 1. The lowest BCUT2D eigenvalue weighted by atomic mass is 9.68. The van der Waals surface area contributed by atoms with Gasteiger partial charge in [0.1, 0.15) is 5.75 Å². The first-order valence-corrected chi connectivity index (χ1v) is 16.8. The van der Waals surface area contributed by atoms with Crippen molar-refractivity contribution in [2.45, 2.75) is 62.9 Å². The zero-order valence-electron chi connectivity index (χ0n) is 23.6. The zero-order chi connectivity index (χ0) is 28.6. The standard InChI is InChI=1S/C32H39ClN2O5S/c1-39-29-8-4-2-3-5-16-41(37,38)34-31(36)23-10-14-30-28(18-23)35(19-24-9-12-26(24)29)20-32(21-40-30)15-6-7-22-17-25(33)11-13-27(22)32/h4,8,10-11,13-14,17-18,24,26,29H,2-3,5-7,9,12,15-16,19-21H2,1H3,(H,34,36)/b8-4+/t24-,26+,29+,32-/m0/s1. The van der Waals surface area contributed by atoms with Gasteiger partial charge in [-0.3, -0.25) is 4.79 Å². The van der Waals surface area contributed by atoms with Gasteiger partial charge in [-0.25, -0.2) is 13.1 Å². The third-order valence-corrected chi connectivity index (χ3v) is 11.1. The molecule has 6 rings (SSSR count). The van der Waals surface area contributed by atoms with Crippen LogP contribution in [-0.2, 0) is 26.6 Å². The lowest BCUT2D eigenvalue weighted by Crippen LogP contribution is -2.49. The van der Waals surface area contributed by atoms with E-state index in [0.717, 1.165) is 74.5 Å². The minimum Gasteiger partial charge on any atom is -0.490 e. The van der Waals surface area contributed by atoms with Gasteiger partial charge in [-0.05, 0) is 105 Å². The van der Waals surface area contributed by atoms with Gasteiger partial charge in [-0.1, -0.05) is 29.8 Å². The molecule has 4 atom stereocenters. The highest BCUT2D eigenvalue weighted by atomic mass is 35.5. The average molecular weight is 599 g/mol. The number of hydrogen-bond acceptors (Lipinski definition) is 6. The fraction of sp³-hybridized carbons (Fsp3) is 0.531. The molecule has 4 aliphatic rings. The van der Waals surface area contributed by atoms with E-state index in [1.54, 1.807) is 13.2 Å². The second kappa shape index (κ2) is 11.6. The van der Waals surface area contributed by atoms with E-state index in [1.165, 1.54) is 11.1 Å². The summed E-state index contributed by atoms with van der Waals surface area (Å²) in [6.07, 6.45) is 11.6. The predicted molar refractivity (Wildman–Crippen MR) is 161 cm³/mol. The van der Waals surface area contributed by atoms with Crippen molar-refractivity contribution in [2.75, 3.05) is 37.5 Å². The minimum absolute atomic E-state index is 0.0250. The van der Waals surface area contributed by atoms with E-state index in [0.29, 0.717) is 30.4 Å². The third-order valence-electron chi connectivity index (χ3n) is 9.53. The van der Waals surface area contributed by atoms with Crippen molar-refractivity contribution in [3.05, 3.63) is 70.3 Å². The van der Waals surface area contributed by atoms with E-state index >= 15 is 0 Å². The zero-order valence-corrected chi connectivity index (χ0v) is 25.2. The van der Waals surface area contributed by atoms with Gasteiger partial charge in [0.2, 0.25) is 10.0 Å². The topological polar surface area (TPSA) is 84.9 Å². The maximum atomic E-state index is 13.2. The highest BCUT2D eigenvalue weighted by Crippen LogP contribution is 2.47. The number of sulfonamides is 1. The summed E-state index contributed by atoms with van der Waals surface area (Å²) >= 11 is 6.40. The van der Waals surface area contributed by atoms with E-state index in [4.69, 9.17) is 21.1 Å². The predicted octanol–water partition coefficient (Wildman–Crippen LogP) is 5.65. The molecule has 1 N–H and O–H groups in total. The number of allylic oxidation sites excluding steroid dienone is 1. The Kier molecular flexibility index (Phi) is 8.09. The number of benzene rings is 2. The van der Waals surface area contributed by atoms with Crippen LogP contribution in [0.15, 0.2) is 48.6 Å². The summed E-state index contributed by atoms with van der Waals surface area (Å²) in [5.41, 5.74) is 3.50. The molecule has 7 nitrogen and oxygen atoms in total. The number of fused-ring (bicyclic) bond motifs is 4. The lowest BCUT2D eigenvalue weighted by molar-refractivity contribution is 0.0132. The van der Waals surface area contributed by atoms with Gasteiger partial charge in [0.15, 0.2) is 0 Å². The molecule has 1 spiro atoms. The van der Waals surface area contributed by atoms with Crippen molar-refractivity contribution in [1.29, 1.82) is 0 Å². The van der Waals surface area contributed by atoms with Crippen molar-refractivity contribution >= 4 is 33.2 Å². The molecule has 0 unspecified atom stereocenters. The summed E-state index contributed by atoms with van der Waals surface area (Å²) in [4.78, 5) is 15.6. The Balaban J connectivity index is 1.41. The molecule has 9 heteroatoms. The molecule has 2 aromatic carbocycles. The van der Waals surface area contributed by atoms with Crippen LogP contribution in [0.3, 0.4) is 0 Å². The fourth-order valence-corrected chi connectivity index (χ4v) is 8.51. The summed E-state index contributed by atoms with van der Waals surface area (Å²) in [5.74, 6) is 0.861. The molecular formula is C32H39ClN2O5S. The van der Waals surface area contributed by atoms with Crippen LogP contribution < -0.4 is 14.4 Å². The van der Waals surface area contributed by atoms with Crippen molar-refractivity contribution in [2.24, 2.45) is 11.8 Å². The van der Waals surface area contributed by atoms with Gasteiger partial charge < -0.3 is 14.4 Å². The number of nitrogens with zero attached hydrogens (tertiary/aromatic N) is 1. The summed E-state index contributed by atoms with van der Waals surface area (Å²) in [6, 6.07) is 11.5. The molecular weight excluding hydrogens is 560 g/mol. The Morgan fingerprint density at radius 1 is 1.12 bits per heavy atom. The monoisotopic (exact) mass is 598 g/mol. The highest BCUT2D eigenvalue weighted by molar-refractivity contribution is 7.90.